The average molecular weight is 499 g/mol. The fourth-order valence-corrected chi connectivity index (χ4v) is 5.25. The van der Waals surface area contributed by atoms with E-state index in [2.05, 4.69) is 29.5 Å². The molecule has 0 saturated carbocycles. The molecule has 0 saturated heterocycles. The Labute approximate surface area is 206 Å². The highest BCUT2D eigenvalue weighted by Crippen LogP contribution is 2.32. The second-order valence-electron chi connectivity index (χ2n) is 8.01. The summed E-state index contributed by atoms with van der Waals surface area (Å²) in [5.41, 5.74) is 2.29. The molecule has 1 heterocycles. The highest BCUT2D eigenvalue weighted by Gasteiger charge is 2.16. The van der Waals surface area contributed by atoms with Crippen molar-refractivity contribution in [3.05, 3.63) is 48.0 Å². The van der Waals surface area contributed by atoms with Crippen molar-refractivity contribution < 1.29 is 19.1 Å². The first kappa shape index (κ1) is 25.6. The zero-order valence-corrected chi connectivity index (χ0v) is 20.8. The Kier molecular flexibility index (Phi) is 9.01. The van der Waals surface area contributed by atoms with Gasteiger partial charge in [0.1, 0.15) is 13.2 Å². The molecule has 8 nitrogen and oxygen atoms in total. The molecule has 3 aromatic rings. The lowest BCUT2D eigenvalue weighted by Crippen LogP contribution is -2.23. The topological polar surface area (TPSA) is 113 Å². The number of carbonyl (C=O) groups is 2. The summed E-state index contributed by atoms with van der Waals surface area (Å²) in [6.45, 7) is 3.58. The van der Waals surface area contributed by atoms with Crippen molar-refractivity contribution in [3.8, 4) is 6.07 Å². The largest absolute Gasteiger partial charge is 0.379 e. The quantitative estimate of drug-likeness (QED) is 0.369. The summed E-state index contributed by atoms with van der Waals surface area (Å²) in [4.78, 5) is 28.8. The number of amides is 2. The second kappa shape index (κ2) is 11.9. The molecule has 0 atom stereocenters. The van der Waals surface area contributed by atoms with E-state index in [0.717, 1.165) is 26.7 Å². The number of nitrogens with zero attached hydrogens (tertiary/aromatic N) is 2. The van der Waals surface area contributed by atoms with Gasteiger partial charge in [-0.2, -0.15) is 5.26 Å². The minimum Gasteiger partial charge on any atom is -0.379 e. The highest BCUT2D eigenvalue weighted by molar-refractivity contribution is 8.01. The van der Waals surface area contributed by atoms with Crippen LogP contribution in [0.3, 0.4) is 0 Å². The number of hydrogen-bond acceptors (Lipinski definition) is 8. The molecule has 0 radical (unpaired) electrons. The number of fused-ring (bicyclic) bond motifs is 1. The molecule has 10 heteroatoms. The number of methoxy groups -OCH3 is 1. The molecule has 2 aromatic carbocycles. The number of nitrogens with one attached hydrogen (secondary N) is 2. The highest BCUT2D eigenvalue weighted by atomic mass is 32.2. The summed E-state index contributed by atoms with van der Waals surface area (Å²) in [5, 5.41) is 14.3. The molecule has 178 valence electrons. The molecule has 0 aliphatic rings. The van der Waals surface area contributed by atoms with E-state index >= 15 is 0 Å². The second-order valence-corrected chi connectivity index (χ2v) is 10.4. The van der Waals surface area contributed by atoms with E-state index in [1.165, 1.54) is 0 Å². The number of ether oxygens (including phenoxy) is 2. The third-order valence-corrected chi connectivity index (χ3v) is 7.04. The normalized spacial score (nSPS) is 11.2. The van der Waals surface area contributed by atoms with Crippen LogP contribution in [-0.2, 0) is 19.1 Å². The lowest BCUT2D eigenvalue weighted by Gasteiger charge is -2.21. The predicted octanol–water partition coefficient (Wildman–Crippen LogP) is 4.67. The van der Waals surface area contributed by atoms with E-state index in [9.17, 15) is 9.59 Å². The van der Waals surface area contributed by atoms with E-state index in [4.69, 9.17) is 14.7 Å². The van der Waals surface area contributed by atoms with E-state index in [-0.39, 0.29) is 24.7 Å². The number of carbonyl (C=O) groups excluding carboxylic acids is 2. The summed E-state index contributed by atoms with van der Waals surface area (Å²) in [6, 6.07) is 14.1. The Morgan fingerprint density at radius 1 is 1.12 bits per heavy atom. The zero-order valence-electron chi connectivity index (χ0n) is 19.2. The lowest BCUT2D eigenvalue weighted by molar-refractivity contribution is -0.125. The minimum absolute atomic E-state index is 0.160. The number of aromatic nitrogens is 1. The number of rotatable bonds is 11. The average Bonchev–Trinajstić information content (AvgIpc) is 3.21. The summed E-state index contributed by atoms with van der Waals surface area (Å²) >= 11 is 3.27. The molecule has 2 N–H and O–H groups in total. The molecule has 0 unspecified atom stereocenters. The minimum atomic E-state index is -0.409. The SMILES string of the molecule is COC(C)(C)CCSc1nc2ccc(NC(=O)COCC(=O)Nc3cccc(C#N)c3)cc2s1. The van der Waals surface area contributed by atoms with Crippen LogP contribution in [0.25, 0.3) is 10.2 Å². The van der Waals surface area contributed by atoms with Gasteiger partial charge in [-0.15, -0.1) is 11.3 Å². The Morgan fingerprint density at radius 2 is 1.82 bits per heavy atom. The monoisotopic (exact) mass is 498 g/mol. The Bertz CT molecular complexity index is 1200. The molecule has 0 spiro atoms. The fraction of sp³-hybridized carbons (Fsp3) is 0.333. The van der Waals surface area contributed by atoms with Gasteiger partial charge < -0.3 is 20.1 Å². The Balaban J connectivity index is 1.45. The maximum absolute atomic E-state index is 12.2. The van der Waals surface area contributed by atoms with Crippen molar-refractivity contribution in [2.45, 2.75) is 30.2 Å². The van der Waals surface area contributed by atoms with Gasteiger partial charge in [0.15, 0.2) is 4.34 Å². The lowest BCUT2D eigenvalue weighted by atomic mass is 10.1. The first-order valence-electron chi connectivity index (χ1n) is 10.5. The third kappa shape index (κ3) is 7.81. The summed E-state index contributed by atoms with van der Waals surface area (Å²) in [6.07, 6.45) is 0.912. The van der Waals surface area contributed by atoms with Gasteiger partial charge in [0.2, 0.25) is 11.8 Å². The van der Waals surface area contributed by atoms with Crippen molar-refractivity contribution in [3.63, 3.8) is 0 Å². The van der Waals surface area contributed by atoms with Crippen LogP contribution in [-0.4, -0.2) is 48.5 Å². The maximum atomic E-state index is 12.2. The zero-order chi connectivity index (χ0) is 24.6. The molecule has 0 bridgehead atoms. The molecular weight excluding hydrogens is 472 g/mol. The summed E-state index contributed by atoms with van der Waals surface area (Å²) < 4.78 is 12.6. The summed E-state index contributed by atoms with van der Waals surface area (Å²) in [7, 11) is 1.72. The number of thioether (sulfide) groups is 1. The van der Waals surface area contributed by atoms with Crippen molar-refractivity contribution in [2.24, 2.45) is 0 Å². The van der Waals surface area contributed by atoms with Crippen molar-refractivity contribution in [1.29, 1.82) is 5.26 Å². The number of hydrogen-bond donors (Lipinski definition) is 2. The van der Waals surface area contributed by atoms with Gasteiger partial charge in [-0.25, -0.2) is 4.98 Å². The van der Waals surface area contributed by atoms with Crippen molar-refractivity contribution in [1.82, 2.24) is 4.98 Å². The number of thiazole rings is 1. The maximum Gasteiger partial charge on any atom is 0.250 e. The van der Waals surface area contributed by atoms with Gasteiger partial charge in [-0.05, 0) is 56.7 Å². The van der Waals surface area contributed by atoms with E-state index in [0.29, 0.717) is 16.9 Å². The number of nitriles is 1. The smallest absolute Gasteiger partial charge is 0.250 e. The van der Waals surface area contributed by atoms with Crippen LogP contribution < -0.4 is 10.6 Å². The molecule has 0 aliphatic carbocycles. The first-order valence-corrected chi connectivity index (χ1v) is 12.3. The van der Waals surface area contributed by atoms with Gasteiger partial charge in [-0.1, -0.05) is 17.8 Å². The van der Waals surface area contributed by atoms with Gasteiger partial charge in [0.25, 0.3) is 0 Å². The van der Waals surface area contributed by atoms with Gasteiger partial charge in [0.05, 0.1) is 27.5 Å². The van der Waals surface area contributed by atoms with Crippen LogP contribution in [0.15, 0.2) is 46.8 Å². The van der Waals surface area contributed by atoms with E-state index in [1.54, 1.807) is 60.5 Å². The molecule has 34 heavy (non-hydrogen) atoms. The van der Waals surface area contributed by atoms with Gasteiger partial charge in [-0.3, -0.25) is 9.59 Å². The van der Waals surface area contributed by atoms with E-state index < -0.39 is 5.91 Å². The standard InChI is InChI=1S/C24H26N4O4S2/c1-24(2,31-3)9-10-33-23-28-19-8-7-18(12-20(19)34-23)27-22(30)15-32-14-21(29)26-17-6-4-5-16(11-17)13-25/h4-8,11-12H,9-10,14-15H2,1-3H3,(H,26,29)(H,27,30). The number of benzene rings is 2. The third-order valence-electron chi connectivity index (χ3n) is 4.88. The van der Waals surface area contributed by atoms with Crippen LogP contribution in [0, 0.1) is 11.3 Å². The van der Waals surface area contributed by atoms with Gasteiger partial charge in [0, 0.05) is 24.2 Å². The van der Waals surface area contributed by atoms with Crippen molar-refractivity contribution >= 4 is 56.5 Å². The van der Waals surface area contributed by atoms with Crippen LogP contribution in [0.4, 0.5) is 11.4 Å². The van der Waals surface area contributed by atoms with Crippen molar-refractivity contribution in [2.75, 3.05) is 36.7 Å². The van der Waals surface area contributed by atoms with E-state index in [1.807, 2.05) is 18.2 Å². The molecular formula is C24H26N4O4S2. The molecule has 3 rings (SSSR count). The van der Waals surface area contributed by atoms with Crippen LogP contribution >= 0.6 is 23.1 Å². The molecule has 1 aromatic heterocycles. The summed E-state index contributed by atoms with van der Waals surface area (Å²) in [5.74, 6) is 0.131. The molecule has 0 aliphatic heterocycles. The first-order chi connectivity index (χ1) is 16.3. The fourth-order valence-electron chi connectivity index (χ4n) is 2.83. The Morgan fingerprint density at radius 3 is 2.50 bits per heavy atom. The van der Waals surface area contributed by atoms with Gasteiger partial charge >= 0.3 is 0 Å². The van der Waals surface area contributed by atoms with Crippen LogP contribution in [0.1, 0.15) is 25.8 Å². The molecule has 2 amide bonds. The molecule has 0 fully saturated rings. The van der Waals surface area contributed by atoms with Crippen LogP contribution in [0.2, 0.25) is 0 Å². The predicted molar refractivity (Wildman–Crippen MR) is 135 cm³/mol. The number of anilines is 2. The Hall–Kier alpha value is -2.97. The van der Waals surface area contributed by atoms with Crippen LogP contribution in [0.5, 0.6) is 0 Å².